The molecule has 3 N–H and O–H groups in total. The normalized spacial score (nSPS) is 8.25. The molecule has 0 saturated heterocycles. The molecule has 0 spiro atoms. The first-order valence-electron chi connectivity index (χ1n) is 4.11. The van der Waals surface area contributed by atoms with Gasteiger partial charge in [-0.1, -0.05) is 43.7 Å². The molecule has 1 aromatic carbocycles. The summed E-state index contributed by atoms with van der Waals surface area (Å²) in [5, 5.41) is 7.08. The minimum atomic E-state index is 0.125. The number of nitrogen functional groups attached to an aromatic ring is 1. The van der Waals surface area contributed by atoms with E-state index in [0.29, 0.717) is 0 Å². The summed E-state index contributed by atoms with van der Waals surface area (Å²) in [5.74, 6) is 0.125. The third-order valence-corrected chi connectivity index (χ3v) is 1.36. The van der Waals surface area contributed by atoms with E-state index in [2.05, 4.69) is 0 Å². The lowest BCUT2D eigenvalue weighted by molar-refractivity contribution is 1.40. The summed E-state index contributed by atoms with van der Waals surface area (Å²) >= 11 is 0. The summed E-state index contributed by atoms with van der Waals surface area (Å²) < 4.78 is 0. The smallest absolute Gasteiger partial charge is 0.122 e. The van der Waals surface area contributed by atoms with Crippen LogP contribution in [0.15, 0.2) is 24.3 Å². The van der Waals surface area contributed by atoms with E-state index in [0.717, 1.165) is 5.56 Å². The van der Waals surface area contributed by atoms with Crippen LogP contribution in [-0.2, 0) is 0 Å². The minimum Gasteiger partial charge on any atom is -0.384 e. The van der Waals surface area contributed by atoms with Crippen molar-refractivity contribution in [3.63, 3.8) is 0 Å². The van der Waals surface area contributed by atoms with Gasteiger partial charge in [-0.15, -0.1) is 0 Å². The summed E-state index contributed by atoms with van der Waals surface area (Å²) in [7, 11) is 0. The van der Waals surface area contributed by atoms with E-state index >= 15 is 0 Å². The molecule has 1 rings (SSSR count). The van der Waals surface area contributed by atoms with Gasteiger partial charge < -0.3 is 5.73 Å². The highest BCUT2D eigenvalue weighted by Gasteiger charge is 1.92. The molecule has 2 nitrogen and oxygen atoms in total. The van der Waals surface area contributed by atoms with Crippen molar-refractivity contribution in [2.75, 3.05) is 0 Å². The van der Waals surface area contributed by atoms with Gasteiger partial charge in [0.25, 0.3) is 0 Å². The molecule has 0 unspecified atom stereocenters. The second kappa shape index (κ2) is 5.35. The summed E-state index contributed by atoms with van der Waals surface area (Å²) in [6, 6.07) is 7.57. The van der Waals surface area contributed by atoms with Gasteiger partial charge in [0, 0.05) is 5.56 Å². The Morgan fingerprint density at radius 1 is 1.17 bits per heavy atom. The SMILES string of the molecule is CC.Cc1ccc(C(=N)N)cc1. The lowest BCUT2D eigenvalue weighted by Crippen LogP contribution is -2.10. The molecule has 2 heteroatoms. The van der Waals surface area contributed by atoms with Crippen LogP contribution in [0.1, 0.15) is 25.0 Å². The van der Waals surface area contributed by atoms with Gasteiger partial charge in [0.05, 0.1) is 0 Å². The highest BCUT2D eigenvalue weighted by atomic mass is 14.7. The first-order valence-corrected chi connectivity index (χ1v) is 4.11. The van der Waals surface area contributed by atoms with Crippen LogP contribution in [0, 0.1) is 12.3 Å². The van der Waals surface area contributed by atoms with Crippen molar-refractivity contribution < 1.29 is 0 Å². The molecule has 1 aromatic rings. The van der Waals surface area contributed by atoms with Crippen LogP contribution in [-0.4, -0.2) is 5.84 Å². The van der Waals surface area contributed by atoms with Gasteiger partial charge in [0.1, 0.15) is 5.84 Å². The van der Waals surface area contributed by atoms with Gasteiger partial charge in [-0.3, -0.25) is 5.41 Å². The summed E-state index contributed by atoms with van der Waals surface area (Å²) in [6.45, 7) is 6.00. The minimum absolute atomic E-state index is 0.125. The second-order valence-electron chi connectivity index (χ2n) is 2.28. The van der Waals surface area contributed by atoms with Gasteiger partial charge >= 0.3 is 0 Å². The molecule has 0 aliphatic heterocycles. The fraction of sp³-hybridized carbons (Fsp3) is 0.300. The molecule has 0 aliphatic rings. The standard InChI is InChI=1S/C8H10N2.C2H6/c1-6-2-4-7(5-3-6)8(9)10;1-2/h2-5H,1H3,(H3,9,10);1-2H3. The van der Waals surface area contributed by atoms with Gasteiger partial charge in [0.15, 0.2) is 0 Å². The van der Waals surface area contributed by atoms with E-state index in [4.69, 9.17) is 11.1 Å². The molecule has 12 heavy (non-hydrogen) atoms. The van der Waals surface area contributed by atoms with E-state index < -0.39 is 0 Å². The van der Waals surface area contributed by atoms with Crippen LogP contribution in [0.2, 0.25) is 0 Å². The van der Waals surface area contributed by atoms with Crippen molar-refractivity contribution in [1.29, 1.82) is 5.41 Å². The molecule has 66 valence electrons. The highest BCUT2D eigenvalue weighted by Crippen LogP contribution is 2.00. The Bertz CT molecular complexity index is 237. The Morgan fingerprint density at radius 3 is 1.92 bits per heavy atom. The molecule has 0 radical (unpaired) electrons. The molecule has 0 aliphatic carbocycles. The maximum Gasteiger partial charge on any atom is 0.122 e. The molecular formula is C10H16N2. The molecule has 0 bridgehead atoms. The van der Waals surface area contributed by atoms with Crippen molar-refractivity contribution in [1.82, 2.24) is 0 Å². The fourth-order valence-electron chi connectivity index (χ4n) is 0.733. The monoisotopic (exact) mass is 164 g/mol. The van der Waals surface area contributed by atoms with Crippen molar-refractivity contribution >= 4 is 5.84 Å². The quantitative estimate of drug-likeness (QED) is 0.485. The zero-order chi connectivity index (χ0) is 9.56. The Kier molecular flexibility index (Phi) is 4.77. The van der Waals surface area contributed by atoms with Crippen molar-refractivity contribution in [2.45, 2.75) is 20.8 Å². The number of nitrogens with two attached hydrogens (primary N) is 1. The Labute approximate surface area is 73.9 Å². The first kappa shape index (κ1) is 10.7. The number of rotatable bonds is 1. The van der Waals surface area contributed by atoms with Crippen LogP contribution < -0.4 is 5.73 Å². The molecule has 0 fully saturated rings. The van der Waals surface area contributed by atoms with Crippen LogP contribution in [0.5, 0.6) is 0 Å². The lowest BCUT2D eigenvalue weighted by atomic mass is 10.1. The number of benzene rings is 1. The zero-order valence-corrected chi connectivity index (χ0v) is 7.89. The molecule has 0 aromatic heterocycles. The second-order valence-corrected chi connectivity index (χ2v) is 2.28. The average Bonchev–Trinajstić information content (AvgIpc) is 2.09. The van der Waals surface area contributed by atoms with Crippen molar-refractivity contribution in [2.24, 2.45) is 5.73 Å². The number of nitrogens with one attached hydrogen (secondary N) is 1. The summed E-state index contributed by atoms with van der Waals surface area (Å²) in [5.41, 5.74) is 7.22. The van der Waals surface area contributed by atoms with E-state index in [1.807, 2.05) is 45.0 Å². The lowest BCUT2D eigenvalue weighted by Gasteiger charge is -1.96. The Hall–Kier alpha value is -1.31. The van der Waals surface area contributed by atoms with Crippen molar-refractivity contribution in [3.05, 3.63) is 35.4 Å². The van der Waals surface area contributed by atoms with E-state index in [1.165, 1.54) is 5.56 Å². The zero-order valence-electron chi connectivity index (χ0n) is 7.89. The Morgan fingerprint density at radius 2 is 1.58 bits per heavy atom. The average molecular weight is 164 g/mol. The molecular weight excluding hydrogens is 148 g/mol. The largest absolute Gasteiger partial charge is 0.384 e. The van der Waals surface area contributed by atoms with E-state index in [-0.39, 0.29) is 5.84 Å². The first-order chi connectivity index (χ1) is 5.70. The maximum absolute atomic E-state index is 7.08. The maximum atomic E-state index is 7.08. The van der Waals surface area contributed by atoms with Gasteiger partial charge in [-0.25, -0.2) is 0 Å². The third kappa shape index (κ3) is 3.19. The predicted molar refractivity (Wildman–Crippen MR) is 53.5 cm³/mol. The van der Waals surface area contributed by atoms with Crippen LogP contribution in [0.4, 0.5) is 0 Å². The van der Waals surface area contributed by atoms with Crippen molar-refractivity contribution in [3.8, 4) is 0 Å². The number of hydrogen-bond acceptors (Lipinski definition) is 1. The molecule has 0 saturated carbocycles. The fourth-order valence-corrected chi connectivity index (χ4v) is 0.733. The molecule has 0 atom stereocenters. The van der Waals surface area contributed by atoms with Crippen LogP contribution >= 0.6 is 0 Å². The molecule has 0 heterocycles. The third-order valence-electron chi connectivity index (χ3n) is 1.36. The number of aryl methyl sites for hydroxylation is 1. The molecule has 0 amide bonds. The number of amidine groups is 1. The van der Waals surface area contributed by atoms with E-state index in [1.54, 1.807) is 0 Å². The summed E-state index contributed by atoms with van der Waals surface area (Å²) in [4.78, 5) is 0. The van der Waals surface area contributed by atoms with E-state index in [9.17, 15) is 0 Å². The topological polar surface area (TPSA) is 49.9 Å². The predicted octanol–water partition coefficient (Wildman–Crippen LogP) is 2.31. The number of hydrogen-bond donors (Lipinski definition) is 2. The van der Waals surface area contributed by atoms with Gasteiger partial charge in [0.2, 0.25) is 0 Å². The summed E-state index contributed by atoms with van der Waals surface area (Å²) in [6.07, 6.45) is 0. The van der Waals surface area contributed by atoms with Crippen LogP contribution in [0.3, 0.4) is 0 Å². The highest BCUT2D eigenvalue weighted by molar-refractivity contribution is 5.94. The van der Waals surface area contributed by atoms with Gasteiger partial charge in [-0.05, 0) is 6.92 Å². The Balaban J connectivity index is 0.000000561. The van der Waals surface area contributed by atoms with Gasteiger partial charge in [-0.2, -0.15) is 0 Å². The van der Waals surface area contributed by atoms with Crippen LogP contribution in [0.25, 0.3) is 0 Å².